The fourth-order valence-electron chi connectivity index (χ4n) is 1.47. The van der Waals surface area contributed by atoms with E-state index in [0.717, 1.165) is 5.56 Å². The van der Waals surface area contributed by atoms with E-state index in [1.807, 2.05) is 30.3 Å². The van der Waals surface area contributed by atoms with Crippen molar-refractivity contribution in [2.75, 3.05) is 5.88 Å². The maximum absolute atomic E-state index is 11.2. The summed E-state index contributed by atoms with van der Waals surface area (Å²) in [5, 5.41) is 3.75. The van der Waals surface area contributed by atoms with Crippen LogP contribution in [0, 0.1) is 0 Å². The van der Waals surface area contributed by atoms with Gasteiger partial charge in [0.05, 0.1) is 5.88 Å². The molecule has 0 saturated carbocycles. The Morgan fingerprint density at radius 3 is 2.87 bits per heavy atom. The normalized spacial score (nSPS) is 19.5. The first kappa shape index (κ1) is 10.2. The van der Waals surface area contributed by atoms with Crippen molar-refractivity contribution in [2.24, 2.45) is 5.16 Å². The lowest BCUT2D eigenvalue weighted by Crippen LogP contribution is -2.13. The molecule has 1 unspecified atom stereocenters. The van der Waals surface area contributed by atoms with Crippen LogP contribution in [0.1, 0.15) is 18.1 Å². The Morgan fingerprint density at radius 2 is 2.20 bits per heavy atom. The van der Waals surface area contributed by atoms with Gasteiger partial charge in [0.2, 0.25) is 0 Å². The van der Waals surface area contributed by atoms with Crippen molar-refractivity contribution in [3.63, 3.8) is 0 Å². The minimum Gasteiger partial charge on any atom is -0.387 e. The Bertz CT molecular complexity index is 389. The van der Waals surface area contributed by atoms with Crippen molar-refractivity contribution < 1.29 is 9.63 Å². The molecule has 0 aliphatic carbocycles. The molecule has 0 spiro atoms. The molecule has 78 valence electrons. The summed E-state index contributed by atoms with van der Waals surface area (Å²) in [7, 11) is 0. The molecule has 1 aromatic rings. The summed E-state index contributed by atoms with van der Waals surface area (Å²) in [4.78, 5) is 16.4. The molecule has 2 rings (SSSR count). The predicted molar refractivity (Wildman–Crippen MR) is 58.0 cm³/mol. The van der Waals surface area contributed by atoms with Crippen molar-refractivity contribution >= 4 is 23.1 Å². The van der Waals surface area contributed by atoms with Gasteiger partial charge in [-0.25, -0.2) is 0 Å². The zero-order valence-corrected chi connectivity index (χ0v) is 8.78. The molecule has 1 aliphatic rings. The van der Waals surface area contributed by atoms with Gasteiger partial charge in [-0.1, -0.05) is 35.5 Å². The highest BCUT2D eigenvalue weighted by Crippen LogP contribution is 2.27. The van der Waals surface area contributed by atoms with Crippen LogP contribution in [0.15, 0.2) is 35.5 Å². The van der Waals surface area contributed by atoms with Gasteiger partial charge in [-0.15, -0.1) is 11.6 Å². The van der Waals surface area contributed by atoms with Gasteiger partial charge < -0.3 is 4.84 Å². The molecule has 0 bridgehead atoms. The molecular weight excluding hydrogens is 214 g/mol. The fraction of sp³-hybridized carbons (Fsp3) is 0.273. The Morgan fingerprint density at radius 1 is 1.47 bits per heavy atom. The predicted octanol–water partition coefficient (Wildman–Crippen LogP) is 2.31. The van der Waals surface area contributed by atoms with Gasteiger partial charge in [0.25, 0.3) is 0 Å². The molecule has 1 atom stereocenters. The Labute approximate surface area is 92.7 Å². The van der Waals surface area contributed by atoms with Crippen LogP contribution >= 0.6 is 11.6 Å². The van der Waals surface area contributed by atoms with Crippen molar-refractivity contribution in [2.45, 2.75) is 12.5 Å². The first-order chi connectivity index (χ1) is 7.31. The highest BCUT2D eigenvalue weighted by molar-refractivity contribution is 6.49. The van der Waals surface area contributed by atoms with Crippen molar-refractivity contribution in [3.8, 4) is 0 Å². The molecule has 0 amide bonds. The average Bonchev–Trinajstić information content (AvgIpc) is 2.78. The SMILES string of the molecule is O=C(CCl)C1=NOC(c2ccccc2)C1. The van der Waals surface area contributed by atoms with Crippen LogP contribution in [0.5, 0.6) is 0 Å². The standard InChI is InChI=1S/C11H10ClNO2/c12-7-10(14)9-6-11(15-13-9)8-4-2-1-3-5-8/h1-5,11H,6-7H2. The van der Waals surface area contributed by atoms with Crippen molar-refractivity contribution in [3.05, 3.63) is 35.9 Å². The van der Waals surface area contributed by atoms with E-state index in [9.17, 15) is 4.79 Å². The smallest absolute Gasteiger partial charge is 0.195 e. The van der Waals surface area contributed by atoms with Crippen LogP contribution in [0.25, 0.3) is 0 Å². The van der Waals surface area contributed by atoms with E-state index < -0.39 is 0 Å². The van der Waals surface area contributed by atoms with Gasteiger partial charge >= 0.3 is 0 Å². The van der Waals surface area contributed by atoms with E-state index in [2.05, 4.69) is 5.16 Å². The lowest BCUT2D eigenvalue weighted by atomic mass is 10.0. The molecule has 0 radical (unpaired) electrons. The third-order valence-electron chi connectivity index (χ3n) is 2.28. The second-order valence-corrected chi connectivity index (χ2v) is 3.57. The second kappa shape index (κ2) is 4.45. The minimum atomic E-state index is -0.157. The second-order valence-electron chi connectivity index (χ2n) is 3.30. The maximum atomic E-state index is 11.2. The third-order valence-corrected chi connectivity index (χ3v) is 2.53. The largest absolute Gasteiger partial charge is 0.387 e. The molecule has 1 aromatic carbocycles. The number of oxime groups is 1. The first-order valence-electron chi connectivity index (χ1n) is 4.68. The Kier molecular flexibility index (Phi) is 3.02. The van der Waals surface area contributed by atoms with Gasteiger partial charge in [-0.3, -0.25) is 4.79 Å². The first-order valence-corrected chi connectivity index (χ1v) is 5.21. The lowest BCUT2D eigenvalue weighted by molar-refractivity contribution is -0.110. The summed E-state index contributed by atoms with van der Waals surface area (Å²) in [6.45, 7) is 0. The summed E-state index contributed by atoms with van der Waals surface area (Å²) in [6, 6.07) is 9.70. The molecule has 0 N–H and O–H groups in total. The summed E-state index contributed by atoms with van der Waals surface area (Å²) >= 11 is 5.44. The number of rotatable bonds is 3. The molecular formula is C11H10ClNO2. The zero-order valence-electron chi connectivity index (χ0n) is 8.02. The zero-order chi connectivity index (χ0) is 10.7. The molecule has 0 fully saturated rings. The van der Waals surface area contributed by atoms with Crippen LogP contribution in [-0.4, -0.2) is 17.4 Å². The Hall–Kier alpha value is -1.35. The number of carbonyl (C=O) groups is 1. The van der Waals surface area contributed by atoms with Crippen LogP contribution in [0.4, 0.5) is 0 Å². The molecule has 0 saturated heterocycles. The summed E-state index contributed by atoms with van der Waals surface area (Å²) in [5.74, 6) is -0.195. The van der Waals surface area contributed by atoms with Gasteiger partial charge in [-0.05, 0) is 5.56 Å². The number of alkyl halides is 1. The topological polar surface area (TPSA) is 38.7 Å². The van der Waals surface area contributed by atoms with Crippen LogP contribution < -0.4 is 0 Å². The van der Waals surface area contributed by atoms with E-state index in [-0.39, 0.29) is 17.8 Å². The molecule has 1 heterocycles. The monoisotopic (exact) mass is 223 g/mol. The summed E-state index contributed by atoms with van der Waals surface area (Å²) < 4.78 is 0. The summed E-state index contributed by atoms with van der Waals surface area (Å²) in [5.41, 5.74) is 1.46. The number of hydrogen-bond acceptors (Lipinski definition) is 3. The number of Topliss-reactive ketones (excluding diaryl/α,β-unsaturated/α-hetero) is 1. The third kappa shape index (κ3) is 2.18. The quantitative estimate of drug-likeness (QED) is 0.738. The number of carbonyl (C=O) groups excluding carboxylic acids is 1. The van der Waals surface area contributed by atoms with Gasteiger partial charge in [0, 0.05) is 6.42 Å². The van der Waals surface area contributed by atoms with Gasteiger partial charge in [0.1, 0.15) is 5.71 Å². The minimum absolute atomic E-state index is 0.0380. The number of halogens is 1. The van der Waals surface area contributed by atoms with Crippen LogP contribution in [0.3, 0.4) is 0 Å². The molecule has 4 heteroatoms. The molecule has 1 aliphatic heterocycles. The van der Waals surface area contributed by atoms with E-state index >= 15 is 0 Å². The highest BCUT2D eigenvalue weighted by atomic mass is 35.5. The van der Waals surface area contributed by atoms with E-state index in [1.54, 1.807) is 0 Å². The van der Waals surface area contributed by atoms with Crippen LogP contribution in [0.2, 0.25) is 0 Å². The average molecular weight is 224 g/mol. The maximum Gasteiger partial charge on any atom is 0.195 e. The van der Waals surface area contributed by atoms with E-state index in [1.165, 1.54) is 0 Å². The Balaban J connectivity index is 2.05. The van der Waals surface area contributed by atoms with E-state index in [0.29, 0.717) is 12.1 Å². The van der Waals surface area contributed by atoms with Gasteiger partial charge in [-0.2, -0.15) is 0 Å². The van der Waals surface area contributed by atoms with Gasteiger partial charge in [0.15, 0.2) is 11.9 Å². The van der Waals surface area contributed by atoms with Crippen LogP contribution in [-0.2, 0) is 9.63 Å². The molecule has 3 nitrogen and oxygen atoms in total. The molecule has 0 aromatic heterocycles. The van der Waals surface area contributed by atoms with E-state index in [4.69, 9.17) is 16.4 Å². The number of nitrogens with zero attached hydrogens (tertiary/aromatic N) is 1. The number of hydrogen-bond donors (Lipinski definition) is 0. The van der Waals surface area contributed by atoms with Crippen molar-refractivity contribution in [1.82, 2.24) is 0 Å². The highest BCUT2D eigenvalue weighted by Gasteiger charge is 2.26. The molecule has 15 heavy (non-hydrogen) atoms. The summed E-state index contributed by atoms with van der Waals surface area (Å²) in [6.07, 6.45) is 0.364. The lowest BCUT2D eigenvalue weighted by Gasteiger charge is -2.06. The number of benzene rings is 1. The van der Waals surface area contributed by atoms with Crippen molar-refractivity contribution in [1.29, 1.82) is 0 Å². The number of ketones is 1. The fourth-order valence-corrected chi connectivity index (χ4v) is 1.62.